The van der Waals surface area contributed by atoms with E-state index < -0.39 is 6.09 Å². The Morgan fingerprint density at radius 2 is 1.48 bits per heavy atom. The maximum Gasteiger partial charge on any atom is 0.404 e. The molecular formula is C35H32F2N4O3. The number of nitrogens with zero attached hydrogens (tertiary/aromatic N) is 1. The van der Waals surface area contributed by atoms with Crippen molar-refractivity contribution in [2.24, 2.45) is 5.92 Å². The minimum Gasteiger partial charge on any atom is -0.465 e. The monoisotopic (exact) mass is 594 g/mol. The predicted molar refractivity (Wildman–Crippen MR) is 166 cm³/mol. The summed E-state index contributed by atoms with van der Waals surface area (Å²) in [7, 11) is 0. The van der Waals surface area contributed by atoms with Crippen molar-refractivity contribution in [1.82, 2.24) is 20.5 Å². The van der Waals surface area contributed by atoms with Gasteiger partial charge in [-0.3, -0.25) is 9.69 Å². The molecule has 2 amide bonds. The minimum absolute atomic E-state index is 0.00322. The zero-order chi connectivity index (χ0) is 30.6. The molecule has 4 aromatic carbocycles. The molecule has 4 N–H and O–H groups in total. The number of aromatic amines is 1. The number of nitrogens with one attached hydrogen (secondary N) is 3. The van der Waals surface area contributed by atoms with Gasteiger partial charge >= 0.3 is 6.09 Å². The lowest BCUT2D eigenvalue weighted by atomic mass is 9.99. The second-order valence-corrected chi connectivity index (χ2v) is 11.2. The highest BCUT2D eigenvalue weighted by molar-refractivity contribution is 6.10. The molecule has 0 spiro atoms. The number of H-pyrrole nitrogens is 1. The molecule has 0 aliphatic carbocycles. The molecule has 1 aliphatic rings. The van der Waals surface area contributed by atoms with Crippen LogP contribution in [0, 0.1) is 17.6 Å². The van der Waals surface area contributed by atoms with Crippen molar-refractivity contribution in [3.63, 3.8) is 0 Å². The van der Waals surface area contributed by atoms with Gasteiger partial charge < -0.3 is 20.7 Å². The minimum atomic E-state index is -1.05. The Labute approximate surface area is 253 Å². The Kier molecular flexibility index (Phi) is 8.38. The first-order valence-electron chi connectivity index (χ1n) is 14.5. The van der Waals surface area contributed by atoms with Crippen LogP contribution in [0.5, 0.6) is 0 Å². The van der Waals surface area contributed by atoms with Crippen molar-refractivity contribution >= 4 is 22.9 Å². The summed E-state index contributed by atoms with van der Waals surface area (Å²) < 4.78 is 27.4. The number of rotatable bonds is 9. The third kappa shape index (κ3) is 6.48. The van der Waals surface area contributed by atoms with E-state index >= 15 is 0 Å². The van der Waals surface area contributed by atoms with Gasteiger partial charge in [0, 0.05) is 48.7 Å². The van der Waals surface area contributed by atoms with Crippen LogP contribution < -0.4 is 10.6 Å². The summed E-state index contributed by atoms with van der Waals surface area (Å²) in [5.74, 6) is -0.869. The molecule has 0 bridgehead atoms. The fourth-order valence-electron chi connectivity index (χ4n) is 6.10. The van der Waals surface area contributed by atoms with Crippen LogP contribution in [0.3, 0.4) is 0 Å². The molecular weight excluding hydrogens is 562 g/mol. The number of amides is 2. The molecule has 7 nitrogen and oxygen atoms in total. The summed E-state index contributed by atoms with van der Waals surface area (Å²) >= 11 is 0. The SMILES string of the molecule is O=C(O)NC[C@H]1C[C@@H](CNC(=O)c2[nH]c3cc(-c4ccc(F)cc4)ccc3c2-c2ccc(F)cc2)N(Cc2ccccc2)C1. The Hall–Kier alpha value is -5.02. The summed E-state index contributed by atoms with van der Waals surface area (Å²) in [6, 6.07) is 28.1. The quantitative estimate of drug-likeness (QED) is 0.153. The van der Waals surface area contributed by atoms with E-state index in [0.717, 1.165) is 34.0 Å². The summed E-state index contributed by atoms with van der Waals surface area (Å²) in [6.45, 7) is 2.10. The molecule has 44 heavy (non-hydrogen) atoms. The summed E-state index contributed by atoms with van der Waals surface area (Å²) in [5, 5.41) is 15.5. The van der Waals surface area contributed by atoms with Crippen molar-refractivity contribution in [1.29, 1.82) is 0 Å². The molecule has 6 rings (SSSR count). The number of carboxylic acid groups (broad SMARTS) is 1. The van der Waals surface area contributed by atoms with Gasteiger partial charge in [0.25, 0.3) is 5.91 Å². The molecule has 1 aromatic heterocycles. The van der Waals surface area contributed by atoms with E-state index in [1.165, 1.54) is 24.3 Å². The van der Waals surface area contributed by atoms with Crippen molar-refractivity contribution in [3.05, 3.63) is 120 Å². The molecule has 5 aromatic rings. The van der Waals surface area contributed by atoms with Gasteiger partial charge in [-0.1, -0.05) is 66.7 Å². The summed E-state index contributed by atoms with van der Waals surface area (Å²) in [6.07, 6.45) is -0.322. The molecule has 1 aliphatic heterocycles. The fourth-order valence-corrected chi connectivity index (χ4v) is 6.10. The van der Waals surface area contributed by atoms with Gasteiger partial charge in [-0.25, -0.2) is 13.6 Å². The van der Waals surface area contributed by atoms with E-state index in [2.05, 4.69) is 32.7 Å². The van der Waals surface area contributed by atoms with Crippen LogP contribution >= 0.6 is 0 Å². The number of carbonyl (C=O) groups is 2. The lowest BCUT2D eigenvalue weighted by Gasteiger charge is -2.24. The van der Waals surface area contributed by atoms with E-state index in [0.29, 0.717) is 43.0 Å². The van der Waals surface area contributed by atoms with E-state index in [4.69, 9.17) is 5.11 Å². The number of hydrogen-bond donors (Lipinski definition) is 4. The molecule has 0 radical (unpaired) electrons. The number of aromatic nitrogens is 1. The van der Waals surface area contributed by atoms with E-state index in [1.807, 2.05) is 36.4 Å². The smallest absolute Gasteiger partial charge is 0.404 e. The van der Waals surface area contributed by atoms with Crippen LogP contribution in [0.2, 0.25) is 0 Å². The lowest BCUT2D eigenvalue weighted by Crippen LogP contribution is -2.40. The van der Waals surface area contributed by atoms with Gasteiger partial charge in [0.1, 0.15) is 17.3 Å². The molecule has 0 saturated carbocycles. The first-order valence-corrected chi connectivity index (χ1v) is 14.5. The van der Waals surface area contributed by atoms with Crippen LogP contribution in [0.4, 0.5) is 13.6 Å². The van der Waals surface area contributed by atoms with E-state index in [9.17, 15) is 18.4 Å². The molecule has 9 heteroatoms. The van der Waals surface area contributed by atoms with Gasteiger partial charge in [-0.15, -0.1) is 0 Å². The normalized spacial score (nSPS) is 16.7. The third-order valence-electron chi connectivity index (χ3n) is 8.22. The predicted octanol–water partition coefficient (Wildman–Crippen LogP) is 6.67. The summed E-state index contributed by atoms with van der Waals surface area (Å²) in [5.41, 5.74) is 5.29. The van der Waals surface area contributed by atoms with Gasteiger partial charge in [-0.05, 0) is 64.9 Å². The van der Waals surface area contributed by atoms with Crippen LogP contribution in [0.15, 0.2) is 97.1 Å². The molecule has 224 valence electrons. The Balaban J connectivity index is 1.28. The molecule has 2 heterocycles. The maximum absolute atomic E-state index is 13.8. The first kappa shape index (κ1) is 29.1. The van der Waals surface area contributed by atoms with Gasteiger partial charge in [0.05, 0.1) is 0 Å². The van der Waals surface area contributed by atoms with Crippen LogP contribution in [0.25, 0.3) is 33.2 Å². The number of likely N-dealkylation sites (tertiary alicyclic amines) is 1. The highest BCUT2D eigenvalue weighted by atomic mass is 19.1. The number of benzene rings is 4. The summed E-state index contributed by atoms with van der Waals surface area (Å²) in [4.78, 5) is 30.5. The molecule has 1 saturated heterocycles. The standard InChI is InChI=1S/C35H32F2N4O3/c36-27-11-6-24(7-12-27)26-10-15-30-31(17-26)40-33(32(30)25-8-13-28(37)14-9-25)34(42)38-19-29-16-23(18-39-35(43)44)21-41(29)20-22-4-2-1-3-5-22/h1-15,17,23,29,39-40H,16,18-21H2,(H,38,42)(H,43,44)/t23-,29+/m1/s1. The number of carbonyl (C=O) groups excluding carboxylic acids is 1. The zero-order valence-corrected chi connectivity index (χ0v) is 23.9. The second-order valence-electron chi connectivity index (χ2n) is 11.2. The maximum atomic E-state index is 13.8. The number of halogens is 2. The Morgan fingerprint density at radius 3 is 2.16 bits per heavy atom. The largest absolute Gasteiger partial charge is 0.465 e. The Bertz CT molecular complexity index is 1770. The molecule has 1 fully saturated rings. The van der Waals surface area contributed by atoms with Crippen molar-refractivity contribution in [2.45, 2.75) is 19.0 Å². The highest BCUT2D eigenvalue weighted by Crippen LogP contribution is 2.35. The van der Waals surface area contributed by atoms with Crippen LogP contribution in [0.1, 0.15) is 22.5 Å². The fraction of sp³-hybridized carbons (Fsp3) is 0.200. The second kappa shape index (κ2) is 12.7. The molecule has 0 unspecified atom stereocenters. The molecule has 2 atom stereocenters. The lowest BCUT2D eigenvalue weighted by molar-refractivity contribution is 0.0936. The van der Waals surface area contributed by atoms with Crippen molar-refractivity contribution in [2.75, 3.05) is 19.6 Å². The Morgan fingerprint density at radius 1 is 0.818 bits per heavy atom. The topological polar surface area (TPSA) is 97.5 Å². The van der Waals surface area contributed by atoms with Crippen molar-refractivity contribution < 1.29 is 23.5 Å². The number of fused-ring (bicyclic) bond motifs is 1. The number of hydrogen-bond acceptors (Lipinski definition) is 3. The van der Waals surface area contributed by atoms with Crippen LogP contribution in [-0.4, -0.2) is 52.7 Å². The average Bonchev–Trinajstić information content (AvgIpc) is 3.60. The zero-order valence-electron chi connectivity index (χ0n) is 23.9. The van der Waals surface area contributed by atoms with E-state index in [1.54, 1.807) is 24.3 Å². The van der Waals surface area contributed by atoms with Gasteiger partial charge in [-0.2, -0.15) is 0 Å². The highest BCUT2D eigenvalue weighted by Gasteiger charge is 2.33. The van der Waals surface area contributed by atoms with Crippen LogP contribution in [-0.2, 0) is 6.54 Å². The van der Waals surface area contributed by atoms with E-state index in [-0.39, 0.29) is 29.5 Å². The third-order valence-corrected chi connectivity index (χ3v) is 8.22. The van der Waals surface area contributed by atoms with Gasteiger partial charge in [0.2, 0.25) is 0 Å². The average molecular weight is 595 g/mol. The first-order chi connectivity index (χ1) is 21.3. The van der Waals surface area contributed by atoms with Crippen molar-refractivity contribution in [3.8, 4) is 22.3 Å². The van der Waals surface area contributed by atoms with Gasteiger partial charge in [0.15, 0.2) is 0 Å².